The zero-order valence-electron chi connectivity index (χ0n) is 7.14. The summed E-state index contributed by atoms with van der Waals surface area (Å²) in [4.78, 5) is 20.6. The molecule has 7 nitrogen and oxygen atoms in total. The van der Waals surface area contributed by atoms with Crippen molar-refractivity contribution in [3.63, 3.8) is 0 Å². The van der Waals surface area contributed by atoms with Crippen LogP contribution >= 0.6 is 0 Å². The number of ether oxygens (including phenoxy) is 1. The molecule has 0 saturated heterocycles. The SMILES string of the molecule is CCOC(=O)C(O)C(O)C(=O)O.N. The van der Waals surface area contributed by atoms with Gasteiger partial charge in [-0.2, -0.15) is 0 Å². The maximum atomic E-state index is 10.6. The highest BCUT2D eigenvalue weighted by molar-refractivity contribution is 5.84. The first kappa shape index (κ1) is 14.3. The van der Waals surface area contributed by atoms with E-state index in [-0.39, 0.29) is 12.8 Å². The van der Waals surface area contributed by atoms with Crippen molar-refractivity contribution >= 4 is 11.9 Å². The van der Waals surface area contributed by atoms with Gasteiger partial charge in [0.2, 0.25) is 0 Å². The molecule has 0 heterocycles. The van der Waals surface area contributed by atoms with Crippen molar-refractivity contribution in [1.82, 2.24) is 6.15 Å². The first-order valence-electron chi connectivity index (χ1n) is 3.26. The van der Waals surface area contributed by atoms with Crippen molar-refractivity contribution in [1.29, 1.82) is 0 Å². The van der Waals surface area contributed by atoms with Crippen molar-refractivity contribution in [3.8, 4) is 0 Å². The quantitative estimate of drug-likeness (QED) is 0.401. The molecule has 0 aromatic heterocycles. The number of esters is 1. The molecule has 0 rings (SSSR count). The Balaban J connectivity index is 0. The Labute approximate surface area is 74.5 Å². The molecule has 6 N–H and O–H groups in total. The first-order valence-corrected chi connectivity index (χ1v) is 3.26. The Morgan fingerprint density at radius 2 is 1.77 bits per heavy atom. The lowest BCUT2D eigenvalue weighted by Gasteiger charge is -2.11. The Bertz CT molecular complexity index is 182. The number of hydrogen-bond acceptors (Lipinski definition) is 6. The monoisotopic (exact) mass is 195 g/mol. The number of carbonyl (C=O) groups excluding carboxylic acids is 1. The fraction of sp³-hybridized carbons (Fsp3) is 0.667. The fourth-order valence-electron chi connectivity index (χ4n) is 0.492. The van der Waals surface area contributed by atoms with Crippen LogP contribution in [0.4, 0.5) is 0 Å². The predicted octanol–water partition coefficient (Wildman–Crippen LogP) is -1.48. The summed E-state index contributed by atoms with van der Waals surface area (Å²) in [5, 5.41) is 25.6. The Morgan fingerprint density at radius 1 is 1.31 bits per heavy atom. The second-order valence-electron chi connectivity index (χ2n) is 1.98. The van der Waals surface area contributed by atoms with E-state index in [4.69, 9.17) is 15.3 Å². The van der Waals surface area contributed by atoms with Gasteiger partial charge >= 0.3 is 11.9 Å². The van der Waals surface area contributed by atoms with Crippen LogP contribution in [0.15, 0.2) is 0 Å². The minimum Gasteiger partial charge on any atom is -0.479 e. The standard InChI is InChI=1S/C6H10O6.H3N/c1-2-12-6(11)4(8)3(7)5(9)10;/h3-4,7-8H,2H2,1H3,(H,9,10);1H3. The number of aliphatic hydroxyl groups excluding tert-OH is 2. The third kappa shape index (κ3) is 4.41. The molecule has 78 valence electrons. The Hall–Kier alpha value is -1.18. The zero-order chi connectivity index (χ0) is 9.72. The van der Waals surface area contributed by atoms with Crippen molar-refractivity contribution < 1.29 is 29.6 Å². The molecule has 0 aromatic rings. The molecule has 0 amide bonds. The smallest absolute Gasteiger partial charge is 0.338 e. The molecular formula is C6H13NO6. The van der Waals surface area contributed by atoms with E-state index in [2.05, 4.69) is 4.74 Å². The van der Waals surface area contributed by atoms with Crippen molar-refractivity contribution in [2.75, 3.05) is 6.61 Å². The highest BCUT2D eigenvalue weighted by atomic mass is 16.5. The van der Waals surface area contributed by atoms with Crippen LogP contribution in [0.25, 0.3) is 0 Å². The lowest BCUT2D eigenvalue weighted by Crippen LogP contribution is -2.40. The average molecular weight is 195 g/mol. The summed E-state index contributed by atoms with van der Waals surface area (Å²) >= 11 is 0. The highest BCUT2D eigenvalue weighted by Gasteiger charge is 2.30. The number of aliphatic hydroxyl groups is 2. The molecule has 0 fully saturated rings. The van der Waals surface area contributed by atoms with Gasteiger partial charge in [-0.3, -0.25) is 0 Å². The second kappa shape index (κ2) is 6.35. The van der Waals surface area contributed by atoms with E-state index in [1.165, 1.54) is 6.92 Å². The van der Waals surface area contributed by atoms with Gasteiger partial charge in [-0.25, -0.2) is 9.59 Å². The molecule has 0 saturated carbocycles. The normalized spacial score (nSPS) is 13.8. The minimum absolute atomic E-state index is 0. The van der Waals surface area contributed by atoms with Gasteiger partial charge in [0.05, 0.1) is 6.61 Å². The molecule has 0 spiro atoms. The van der Waals surface area contributed by atoms with Crippen molar-refractivity contribution in [3.05, 3.63) is 0 Å². The number of carbonyl (C=O) groups is 2. The highest BCUT2D eigenvalue weighted by Crippen LogP contribution is 1.96. The zero-order valence-corrected chi connectivity index (χ0v) is 7.14. The summed E-state index contributed by atoms with van der Waals surface area (Å²) in [5.41, 5.74) is 0. The summed E-state index contributed by atoms with van der Waals surface area (Å²) in [7, 11) is 0. The number of carboxylic acids is 1. The van der Waals surface area contributed by atoms with Crippen LogP contribution in [0.3, 0.4) is 0 Å². The molecule has 13 heavy (non-hydrogen) atoms. The lowest BCUT2D eigenvalue weighted by atomic mass is 10.2. The Kier molecular flexibility index (Phi) is 7.01. The molecule has 0 aromatic carbocycles. The third-order valence-corrected chi connectivity index (χ3v) is 1.08. The molecule has 0 aliphatic heterocycles. The molecule has 0 aliphatic carbocycles. The van der Waals surface area contributed by atoms with Gasteiger partial charge < -0.3 is 26.2 Å². The maximum absolute atomic E-state index is 10.6. The molecule has 7 heteroatoms. The van der Waals surface area contributed by atoms with E-state index in [0.29, 0.717) is 0 Å². The average Bonchev–Trinajstić information content (AvgIpc) is 2.02. The van der Waals surface area contributed by atoms with Crippen LogP contribution in [0.2, 0.25) is 0 Å². The summed E-state index contributed by atoms with van der Waals surface area (Å²) in [5.74, 6) is -2.82. The topological polar surface area (TPSA) is 139 Å². The number of hydrogen-bond donors (Lipinski definition) is 4. The predicted molar refractivity (Wildman–Crippen MR) is 41.3 cm³/mol. The van der Waals surface area contributed by atoms with Crippen LogP contribution in [0, 0.1) is 0 Å². The summed E-state index contributed by atoms with van der Waals surface area (Å²) in [6, 6.07) is 0. The van der Waals surface area contributed by atoms with E-state index in [0.717, 1.165) is 0 Å². The summed E-state index contributed by atoms with van der Waals surface area (Å²) < 4.78 is 4.26. The minimum atomic E-state index is -2.14. The van der Waals surface area contributed by atoms with E-state index in [1.54, 1.807) is 0 Å². The molecule has 0 bridgehead atoms. The molecule has 0 aliphatic rings. The van der Waals surface area contributed by atoms with Gasteiger partial charge in [-0.1, -0.05) is 0 Å². The summed E-state index contributed by atoms with van der Waals surface area (Å²) in [6.45, 7) is 1.51. The maximum Gasteiger partial charge on any atom is 0.338 e. The van der Waals surface area contributed by atoms with Crippen LogP contribution in [0.1, 0.15) is 6.92 Å². The first-order chi connectivity index (χ1) is 5.50. The largest absolute Gasteiger partial charge is 0.479 e. The van der Waals surface area contributed by atoms with Crippen LogP contribution in [-0.2, 0) is 14.3 Å². The van der Waals surface area contributed by atoms with Gasteiger partial charge in [0, 0.05) is 0 Å². The lowest BCUT2D eigenvalue weighted by molar-refractivity contribution is -0.169. The number of rotatable bonds is 4. The molecule has 2 unspecified atom stereocenters. The van der Waals surface area contributed by atoms with Gasteiger partial charge in [0.25, 0.3) is 0 Å². The van der Waals surface area contributed by atoms with Gasteiger partial charge in [0.1, 0.15) is 0 Å². The summed E-state index contributed by atoms with van der Waals surface area (Å²) in [6.07, 6.45) is -4.16. The number of aliphatic carboxylic acids is 1. The number of carboxylic acid groups (broad SMARTS) is 1. The van der Waals surface area contributed by atoms with Gasteiger partial charge in [-0.15, -0.1) is 0 Å². The van der Waals surface area contributed by atoms with Gasteiger partial charge in [-0.05, 0) is 6.92 Å². The Morgan fingerprint density at radius 3 is 2.08 bits per heavy atom. The van der Waals surface area contributed by atoms with Crippen molar-refractivity contribution in [2.24, 2.45) is 0 Å². The molecule has 2 atom stereocenters. The van der Waals surface area contributed by atoms with Crippen LogP contribution in [-0.4, -0.2) is 46.1 Å². The van der Waals surface area contributed by atoms with E-state index in [9.17, 15) is 9.59 Å². The van der Waals surface area contributed by atoms with Crippen LogP contribution in [0.5, 0.6) is 0 Å². The van der Waals surface area contributed by atoms with Crippen LogP contribution < -0.4 is 6.15 Å². The third-order valence-electron chi connectivity index (χ3n) is 1.08. The molecule has 0 radical (unpaired) electrons. The van der Waals surface area contributed by atoms with E-state index >= 15 is 0 Å². The van der Waals surface area contributed by atoms with Crippen molar-refractivity contribution in [2.45, 2.75) is 19.1 Å². The van der Waals surface area contributed by atoms with E-state index in [1.807, 2.05) is 0 Å². The second-order valence-corrected chi connectivity index (χ2v) is 1.98. The molecular weight excluding hydrogens is 182 g/mol. The van der Waals surface area contributed by atoms with Gasteiger partial charge in [0.15, 0.2) is 12.2 Å². The fourth-order valence-corrected chi connectivity index (χ4v) is 0.492. The van der Waals surface area contributed by atoms with E-state index < -0.39 is 24.1 Å².